The predicted molar refractivity (Wildman–Crippen MR) is 195 cm³/mol. The first-order chi connectivity index (χ1) is 19.9. The number of benzene rings is 4. The van der Waals surface area contributed by atoms with E-state index in [0.29, 0.717) is 10.0 Å². The Labute approximate surface area is 304 Å². The van der Waals surface area contributed by atoms with E-state index in [1.807, 2.05) is 36.4 Å². The summed E-state index contributed by atoms with van der Waals surface area (Å²) in [5.41, 5.74) is 8.76. The van der Waals surface area contributed by atoms with Gasteiger partial charge in [-0.15, -0.1) is 60.0 Å². The third-order valence-electron chi connectivity index (χ3n) is 6.45. The molecule has 0 N–H and O–H groups in total. The van der Waals surface area contributed by atoms with Gasteiger partial charge in [0.25, 0.3) is 0 Å². The Bertz CT molecular complexity index is 1320. The second-order valence-electron chi connectivity index (χ2n) is 11.8. The zero-order valence-corrected chi connectivity index (χ0v) is 32.0. The Balaban J connectivity index is 0.000000658. The van der Waals surface area contributed by atoms with Crippen LogP contribution in [0, 0.1) is 24.3 Å². The molecule has 0 bridgehead atoms. The zero-order valence-electron chi connectivity index (χ0n) is 26.4. The van der Waals surface area contributed by atoms with Crippen LogP contribution >= 0.6 is 48.0 Å². The molecule has 4 aromatic carbocycles. The summed E-state index contributed by atoms with van der Waals surface area (Å²) in [5.74, 6) is 0. The maximum atomic E-state index is 5.48. The van der Waals surface area contributed by atoms with Gasteiger partial charge in [-0.1, -0.05) is 86.3 Å². The molecule has 0 unspecified atom stereocenters. The second-order valence-corrected chi connectivity index (χ2v) is 12.6. The molecule has 0 saturated heterocycles. The van der Waals surface area contributed by atoms with Gasteiger partial charge in [0.2, 0.25) is 0 Å². The number of hydrogen-bond donors (Lipinski definition) is 0. The normalized spacial score (nSPS) is 11.5. The molecular formula is C39H42Cl4Zr-4. The topological polar surface area (TPSA) is 0 Å². The molecule has 0 aromatic heterocycles. The SMILES string of the molecule is CC(C)(C)c1c[c-]c2c(c1)-c1cc(C(C)(C)C)ccc1C2.Cl.Cl.Clc1[c-]cccc1.Clc1[c-]cccc1.[C-]1=CC=CC1.[CH2]=[Zr]. The molecule has 0 atom stereocenters. The number of halogens is 4. The van der Waals surface area contributed by atoms with Gasteiger partial charge in [-0.3, -0.25) is 6.08 Å². The van der Waals surface area contributed by atoms with Crippen molar-refractivity contribution in [1.29, 1.82) is 0 Å². The van der Waals surface area contributed by atoms with E-state index in [2.05, 4.69) is 106 Å². The van der Waals surface area contributed by atoms with E-state index in [4.69, 9.17) is 23.2 Å². The molecule has 5 heteroatoms. The average Bonchev–Trinajstić information content (AvgIpc) is 3.66. The molecule has 0 nitrogen and oxygen atoms in total. The molecule has 0 aliphatic heterocycles. The fourth-order valence-corrected chi connectivity index (χ4v) is 4.34. The van der Waals surface area contributed by atoms with Crippen molar-refractivity contribution in [2.75, 3.05) is 0 Å². The van der Waals surface area contributed by atoms with Crippen LogP contribution in [0.5, 0.6) is 0 Å². The zero-order chi connectivity index (χ0) is 31.2. The molecule has 234 valence electrons. The van der Waals surface area contributed by atoms with E-state index in [-0.39, 0.29) is 35.6 Å². The van der Waals surface area contributed by atoms with Crippen LogP contribution in [-0.4, -0.2) is 4.21 Å². The molecule has 0 fully saturated rings. The molecule has 0 amide bonds. The van der Waals surface area contributed by atoms with Crippen LogP contribution in [0.2, 0.25) is 10.0 Å². The Morgan fingerprint density at radius 1 is 0.705 bits per heavy atom. The van der Waals surface area contributed by atoms with E-state index >= 15 is 0 Å². The molecule has 2 aliphatic rings. The average molecular weight is 744 g/mol. The number of allylic oxidation sites excluding steroid dienone is 4. The van der Waals surface area contributed by atoms with Crippen LogP contribution in [0.15, 0.2) is 97.1 Å². The van der Waals surface area contributed by atoms with Crippen molar-refractivity contribution in [3.63, 3.8) is 0 Å². The van der Waals surface area contributed by atoms with Gasteiger partial charge in [0, 0.05) is 0 Å². The van der Waals surface area contributed by atoms with Crippen molar-refractivity contribution in [3.8, 4) is 11.1 Å². The predicted octanol–water partition coefficient (Wildman–Crippen LogP) is 12.0. The van der Waals surface area contributed by atoms with Crippen LogP contribution in [0.25, 0.3) is 11.1 Å². The molecule has 0 radical (unpaired) electrons. The van der Waals surface area contributed by atoms with Crippen LogP contribution in [-0.2, 0) is 41.5 Å². The second kappa shape index (κ2) is 21.1. The Morgan fingerprint density at radius 3 is 1.61 bits per heavy atom. The Hall–Kier alpha value is -1.73. The minimum atomic E-state index is 0. The summed E-state index contributed by atoms with van der Waals surface area (Å²) in [6.07, 6.45) is 11.0. The third-order valence-corrected chi connectivity index (χ3v) is 6.92. The first kappa shape index (κ1) is 42.3. The number of rotatable bonds is 0. The van der Waals surface area contributed by atoms with Gasteiger partial charge < -0.3 is 0 Å². The molecule has 6 rings (SSSR count). The summed E-state index contributed by atoms with van der Waals surface area (Å²) < 4.78 is 3.34. The monoisotopic (exact) mass is 740 g/mol. The Morgan fingerprint density at radius 2 is 1.25 bits per heavy atom. The van der Waals surface area contributed by atoms with Gasteiger partial charge in [0.1, 0.15) is 0 Å². The van der Waals surface area contributed by atoms with Gasteiger partial charge in [-0.2, -0.15) is 96.1 Å². The van der Waals surface area contributed by atoms with Crippen LogP contribution in [0.4, 0.5) is 0 Å². The minimum absolute atomic E-state index is 0. The van der Waals surface area contributed by atoms with Gasteiger partial charge in [0.05, 0.1) is 0 Å². The van der Waals surface area contributed by atoms with Crippen molar-refractivity contribution in [1.82, 2.24) is 0 Å². The van der Waals surface area contributed by atoms with Crippen LogP contribution < -0.4 is 0 Å². The van der Waals surface area contributed by atoms with Gasteiger partial charge >= 0.3 is 28.4 Å². The molecule has 0 heterocycles. The standard InChI is InChI=1S/C21H25.2C6H4Cl.C5H5.CH2.2ClH.Zr/c1-20(2,3)16-9-7-14-11-15-8-10-17(21(4,5)6)13-19(15)18(14)12-16;2*7-6-4-2-1-3-5-6;1-2-4-5-3-1;;;;/h7,9-10,12-13H,11H2,1-6H3;2*1-4H;1-3H,4H2;1H2;2*1H;/q4*-1;;;;. The number of fused-ring (bicyclic) bond motifs is 3. The van der Waals surface area contributed by atoms with Crippen molar-refractivity contribution in [3.05, 3.63) is 154 Å². The molecule has 4 aromatic rings. The molecule has 0 saturated carbocycles. The summed E-state index contributed by atoms with van der Waals surface area (Å²) in [5, 5.41) is 1.34. The van der Waals surface area contributed by atoms with Crippen molar-refractivity contribution in [2.24, 2.45) is 0 Å². The van der Waals surface area contributed by atoms with Crippen molar-refractivity contribution < 1.29 is 24.2 Å². The molecular weight excluding hydrogens is 701 g/mol. The van der Waals surface area contributed by atoms with Crippen molar-refractivity contribution in [2.45, 2.75) is 65.2 Å². The summed E-state index contributed by atoms with van der Waals surface area (Å²) >= 11 is 12.3. The molecule has 44 heavy (non-hydrogen) atoms. The molecule has 2 aliphatic carbocycles. The quantitative estimate of drug-likeness (QED) is 0.139. The fourth-order valence-electron chi connectivity index (χ4n) is 4.07. The number of hydrogen-bond acceptors (Lipinski definition) is 0. The van der Waals surface area contributed by atoms with Crippen LogP contribution in [0.1, 0.15) is 70.2 Å². The van der Waals surface area contributed by atoms with E-state index in [1.165, 1.54) is 57.6 Å². The summed E-state index contributed by atoms with van der Waals surface area (Å²) in [7, 11) is 0. The van der Waals surface area contributed by atoms with E-state index < -0.39 is 0 Å². The fraction of sp³-hybridized carbons (Fsp3) is 0.256. The van der Waals surface area contributed by atoms with E-state index in [9.17, 15) is 0 Å². The Kier molecular flexibility index (Phi) is 20.3. The van der Waals surface area contributed by atoms with Gasteiger partial charge in [-0.05, 0) is 17.4 Å². The first-order valence-electron chi connectivity index (χ1n) is 14.0. The van der Waals surface area contributed by atoms with E-state index in [1.54, 1.807) is 24.3 Å². The van der Waals surface area contributed by atoms with Gasteiger partial charge in [-0.25, -0.2) is 12.2 Å². The van der Waals surface area contributed by atoms with Gasteiger partial charge in [0.15, 0.2) is 0 Å². The third kappa shape index (κ3) is 14.6. The maximum absolute atomic E-state index is 5.48. The van der Waals surface area contributed by atoms with Crippen LogP contribution in [0.3, 0.4) is 0 Å². The van der Waals surface area contributed by atoms with E-state index in [0.717, 1.165) is 12.8 Å². The molecule has 0 spiro atoms. The summed E-state index contributed by atoms with van der Waals surface area (Å²) in [6, 6.07) is 35.3. The summed E-state index contributed by atoms with van der Waals surface area (Å²) in [6.45, 7) is 13.6. The first-order valence-corrected chi connectivity index (χ1v) is 16.4. The summed E-state index contributed by atoms with van der Waals surface area (Å²) in [4.78, 5) is 0. The van der Waals surface area contributed by atoms with Crippen molar-refractivity contribution >= 4 is 52.2 Å².